The molecule has 0 radical (unpaired) electrons. The molecular weight excluding hydrogens is 487 g/mol. The molecule has 170 valence electrons. The Hall–Kier alpha value is -0.810. The number of amides is 1. The average molecular weight is 526 g/mol. The quantitative estimate of drug-likeness (QED) is 0.230. The number of nitrogens with one attached hydrogen (secondary N) is 2. The number of likely N-dealkylation sites (tertiary alicyclic amines) is 1. The second kappa shape index (κ2) is 13.5. The van der Waals surface area contributed by atoms with E-state index in [4.69, 9.17) is 14.2 Å². The normalized spacial score (nSPS) is 20.9. The van der Waals surface area contributed by atoms with Crippen LogP contribution in [0.3, 0.4) is 0 Å². The van der Waals surface area contributed by atoms with Gasteiger partial charge in [0.25, 0.3) is 0 Å². The fourth-order valence-electron chi connectivity index (χ4n) is 3.41. The summed E-state index contributed by atoms with van der Waals surface area (Å²) in [5.74, 6) is 1.52. The fraction of sp³-hybridized carbons (Fsp3) is 0.900. The van der Waals surface area contributed by atoms with Gasteiger partial charge in [0.1, 0.15) is 5.60 Å². The van der Waals surface area contributed by atoms with Crippen molar-refractivity contribution in [3.05, 3.63) is 0 Å². The van der Waals surface area contributed by atoms with Crippen molar-refractivity contribution < 1.29 is 19.0 Å². The number of guanidine groups is 1. The van der Waals surface area contributed by atoms with Crippen LogP contribution in [0.5, 0.6) is 0 Å². The molecule has 1 amide bonds. The summed E-state index contributed by atoms with van der Waals surface area (Å²) >= 11 is 0. The highest BCUT2D eigenvalue weighted by atomic mass is 127. The summed E-state index contributed by atoms with van der Waals surface area (Å²) in [4.78, 5) is 18.5. The lowest BCUT2D eigenvalue weighted by atomic mass is 10.0. The Bertz CT molecular complexity index is 507. The van der Waals surface area contributed by atoms with Crippen molar-refractivity contribution >= 4 is 36.0 Å². The number of hydrogen-bond donors (Lipinski definition) is 2. The van der Waals surface area contributed by atoms with Crippen LogP contribution in [0, 0.1) is 5.92 Å². The van der Waals surface area contributed by atoms with E-state index in [2.05, 4.69) is 20.5 Å². The van der Waals surface area contributed by atoms with Crippen LogP contribution in [0.1, 0.15) is 46.5 Å². The highest BCUT2D eigenvalue weighted by Crippen LogP contribution is 2.15. The topological polar surface area (TPSA) is 84.4 Å². The van der Waals surface area contributed by atoms with E-state index in [1.54, 1.807) is 7.05 Å². The smallest absolute Gasteiger partial charge is 0.407 e. The Morgan fingerprint density at radius 1 is 1.24 bits per heavy atom. The zero-order valence-electron chi connectivity index (χ0n) is 18.4. The first-order valence-electron chi connectivity index (χ1n) is 10.5. The van der Waals surface area contributed by atoms with Gasteiger partial charge in [-0.15, -0.1) is 24.0 Å². The highest BCUT2D eigenvalue weighted by Gasteiger charge is 2.27. The fourth-order valence-corrected chi connectivity index (χ4v) is 3.41. The van der Waals surface area contributed by atoms with Crippen molar-refractivity contribution in [2.45, 2.75) is 58.1 Å². The first-order chi connectivity index (χ1) is 13.4. The Morgan fingerprint density at radius 3 is 2.62 bits per heavy atom. The zero-order chi connectivity index (χ0) is 20.4. The molecule has 0 aromatic heterocycles. The minimum absolute atomic E-state index is 0. The number of ether oxygens (including phenoxy) is 3. The standard InChI is InChI=1S/C20H38N4O4.HI/c1-20(2,3)28-19(25)23-17-6-10-24(14-17)18(21-4)22-9-5-11-27-15-16-7-12-26-13-8-16;/h16-17H,5-15H2,1-4H3,(H,21,22)(H,23,25);1H. The van der Waals surface area contributed by atoms with Gasteiger partial charge in [0, 0.05) is 53.1 Å². The van der Waals surface area contributed by atoms with Gasteiger partial charge >= 0.3 is 6.09 Å². The third kappa shape index (κ3) is 10.7. The molecule has 0 saturated carbocycles. The predicted molar refractivity (Wildman–Crippen MR) is 125 cm³/mol. The van der Waals surface area contributed by atoms with Gasteiger partial charge in [-0.25, -0.2) is 4.79 Å². The van der Waals surface area contributed by atoms with Crippen LogP contribution in [0.25, 0.3) is 0 Å². The second-order valence-electron chi connectivity index (χ2n) is 8.54. The zero-order valence-corrected chi connectivity index (χ0v) is 20.7. The lowest BCUT2D eigenvalue weighted by Gasteiger charge is -2.23. The molecule has 2 rings (SSSR count). The first-order valence-corrected chi connectivity index (χ1v) is 10.5. The maximum absolute atomic E-state index is 11.9. The van der Waals surface area contributed by atoms with Crippen LogP contribution in [-0.2, 0) is 14.2 Å². The lowest BCUT2D eigenvalue weighted by molar-refractivity contribution is 0.0203. The summed E-state index contributed by atoms with van der Waals surface area (Å²) in [5, 5.41) is 6.34. The van der Waals surface area contributed by atoms with Crippen LogP contribution < -0.4 is 10.6 Å². The number of halogens is 1. The molecule has 1 atom stereocenters. The minimum atomic E-state index is -0.479. The SMILES string of the molecule is CN=C(NCCCOCC1CCOCC1)N1CCC(NC(=O)OC(C)(C)C)C1.I. The van der Waals surface area contributed by atoms with Gasteiger partial charge in [-0.1, -0.05) is 0 Å². The van der Waals surface area contributed by atoms with Gasteiger partial charge in [0.15, 0.2) is 5.96 Å². The number of carbonyl (C=O) groups excluding carboxylic acids is 1. The monoisotopic (exact) mass is 526 g/mol. The van der Waals surface area contributed by atoms with Crippen molar-refractivity contribution in [1.82, 2.24) is 15.5 Å². The van der Waals surface area contributed by atoms with Crippen LogP contribution in [0.15, 0.2) is 4.99 Å². The van der Waals surface area contributed by atoms with E-state index in [1.807, 2.05) is 20.8 Å². The molecule has 0 spiro atoms. The number of rotatable bonds is 7. The summed E-state index contributed by atoms with van der Waals surface area (Å²) < 4.78 is 16.5. The van der Waals surface area contributed by atoms with E-state index in [0.717, 1.165) is 77.7 Å². The van der Waals surface area contributed by atoms with Crippen LogP contribution in [0.4, 0.5) is 4.79 Å². The van der Waals surface area contributed by atoms with Crippen LogP contribution in [0.2, 0.25) is 0 Å². The van der Waals surface area contributed by atoms with E-state index < -0.39 is 5.60 Å². The van der Waals surface area contributed by atoms with Gasteiger partial charge < -0.3 is 29.7 Å². The van der Waals surface area contributed by atoms with E-state index >= 15 is 0 Å². The average Bonchev–Trinajstić information content (AvgIpc) is 3.08. The van der Waals surface area contributed by atoms with Crippen LogP contribution >= 0.6 is 24.0 Å². The maximum Gasteiger partial charge on any atom is 0.407 e. The van der Waals surface area contributed by atoms with Crippen molar-refractivity contribution in [1.29, 1.82) is 0 Å². The summed E-state index contributed by atoms with van der Waals surface area (Å²) in [7, 11) is 1.79. The van der Waals surface area contributed by atoms with E-state index in [1.165, 1.54) is 0 Å². The molecule has 0 bridgehead atoms. The third-order valence-corrected chi connectivity index (χ3v) is 4.86. The molecule has 0 aromatic carbocycles. The number of aliphatic imine (C=N–C) groups is 1. The summed E-state index contributed by atoms with van der Waals surface area (Å²) in [6, 6.07) is 0.0798. The van der Waals surface area contributed by atoms with Gasteiger partial charge in [0.05, 0.1) is 6.04 Å². The Labute approximate surface area is 192 Å². The molecule has 0 aromatic rings. The largest absolute Gasteiger partial charge is 0.444 e. The molecule has 29 heavy (non-hydrogen) atoms. The lowest BCUT2D eigenvalue weighted by Crippen LogP contribution is -2.44. The minimum Gasteiger partial charge on any atom is -0.444 e. The predicted octanol–water partition coefficient (Wildman–Crippen LogP) is 2.61. The van der Waals surface area contributed by atoms with Crippen LogP contribution in [-0.4, -0.2) is 81.7 Å². The van der Waals surface area contributed by atoms with Crippen molar-refractivity contribution in [2.24, 2.45) is 10.9 Å². The molecular formula is C20H39IN4O4. The van der Waals surface area contributed by atoms with Crippen molar-refractivity contribution in [3.8, 4) is 0 Å². The molecule has 2 heterocycles. The van der Waals surface area contributed by atoms with Crippen molar-refractivity contribution in [2.75, 3.05) is 53.1 Å². The number of nitrogens with zero attached hydrogens (tertiary/aromatic N) is 2. The maximum atomic E-state index is 11.9. The molecule has 2 N–H and O–H groups in total. The number of hydrogen-bond acceptors (Lipinski definition) is 5. The molecule has 2 aliphatic heterocycles. The van der Waals surface area contributed by atoms with Gasteiger partial charge in [0.2, 0.25) is 0 Å². The summed E-state index contributed by atoms with van der Waals surface area (Å²) in [5.41, 5.74) is -0.479. The van der Waals surface area contributed by atoms with E-state index in [0.29, 0.717) is 5.92 Å². The molecule has 2 aliphatic rings. The molecule has 0 aliphatic carbocycles. The van der Waals surface area contributed by atoms with Gasteiger partial charge in [-0.3, -0.25) is 4.99 Å². The van der Waals surface area contributed by atoms with Crippen molar-refractivity contribution in [3.63, 3.8) is 0 Å². The Morgan fingerprint density at radius 2 is 1.97 bits per heavy atom. The van der Waals surface area contributed by atoms with E-state index in [9.17, 15) is 4.79 Å². The number of carbonyl (C=O) groups is 1. The molecule has 1 unspecified atom stereocenters. The molecule has 2 saturated heterocycles. The van der Waals surface area contributed by atoms with Gasteiger partial charge in [-0.2, -0.15) is 0 Å². The Balaban J connectivity index is 0.00000420. The summed E-state index contributed by atoms with van der Waals surface area (Å²) in [6.07, 6.45) is 3.68. The highest BCUT2D eigenvalue weighted by molar-refractivity contribution is 14.0. The summed E-state index contributed by atoms with van der Waals surface area (Å²) in [6.45, 7) is 11.3. The first kappa shape index (κ1) is 26.2. The number of alkyl carbamates (subject to hydrolysis) is 1. The van der Waals surface area contributed by atoms with Gasteiger partial charge in [-0.05, 0) is 52.4 Å². The molecule has 9 heteroatoms. The Kier molecular flexibility index (Phi) is 12.2. The second-order valence-corrected chi connectivity index (χ2v) is 8.54. The molecule has 2 fully saturated rings. The molecule has 8 nitrogen and oxygen atoms in total. The third-order valence-electron chi connectivity index (χ3n) is 4.86. The van der Waals surface area contributed by atoms with E-state index in [-0.39, 0.29) is 36.1 Å².